The van der Waals surface area contributed by atoms with Crippen molar-refractivity contribution in [2.24, 2.45) is 11.5 Å². The topological polar surface area (TPSA) is 127 Å². The number of amides is 2. The quantitative estimate of drug-likeness (QED) is 0.394. The van der Waals surface area contributed by atoms with E-state index in [0.717, 1.165) is 0 Å². The highest BCUT2D eigenvalue weighted by atomic mass is 16.4. The summed E-state index contributed by atoms with van der Waals surface area (Å²) < 4.78 is 0. The SMILES string of the molecule is CCCC(O)(C(N)=O)C(O)C(N)=O. The molecule has 6 heteroatoms. The van der Waals surface area contributed by atoms with Crippen molar-refractivity contribution in [1.82, 2.24) is 0 Å². The summed E-state index contributed by atoms with van der Waals surface area (Å²) >= 11 is 0. The normalized spacial score (nSPS) is 17.5. The van der Waals surface area contributed by atoms with Gasteiger partial charge in [-0.1, -0.05) is 13.3 Å². The fourth-order valence-electron chi connectivity index (χ4n) is 1.01. The molecule has 0 aliphatic heterocycles. The van der Waals surface area contributed by atoms with Gasteiger partial charge in [0, 0.05) is 0 Å². The second kappa shape index (κ2) is 4.20. The van der Waals surface area contributed by atoms with Crippen molar-refractivity contribution in [2.75, 3.05) is 0 Å². The number of primary amides is 2. The molecule has 2 atom stereocenters. The molecule has 76 valence electrons. The summed E-state index contributed by atoms with van der Waals surface area (Å²) in [5.74, 6) is -2.32. The molecule has 2 unspecified atom stereocenters. The Bertz CT molecular complexity index is 219. The van der Waals surface area contributed by atoms with Crippen molar-refractivity contribution >= 4 is 11.8 Å². The zero-order valence-electron chi connectivity index (χ0n) is 7.36. The van der Waals surface area contributed by atoms with Crippen LogP contribution in [-0.4, -0.2) is 33.7 Å². The summed E-state index contributed by atoms with van der Waals surface area (Å²) in [5, 5.41) is 18.6. The van der Waals surface area contributed by atoms with Crippen LogP contribution in [0, 0.1) is 0 Å². The monoisotopic (exact) mass is 190 g/mol. The first-order chi connectivity index (χ1) is 5.86. The van der Waals surface area contributed by atoms with Gasteiger partial charge in [0.15, 0.2) is 11.7 Å². The van der Waals surface area contributed by atoms with E-state index >= 15 is 0 Å². The van der Waals surface area contributed by atoms with E-state index in [2.05, 4.69) is 0 Å². The Morgan fingerprint density at radius 3 is 2.15 bits per heavy atom. The van der Waals surface area contributed by atoms with Gasteiger partial charge >= 0.3 is 0 Å². The van der Waals surface area contributed by atoms with Crippen LogP contribution >= 0.6 is 0 Å². The minimum atomic E-state index is -2.25. The Kier molecular flexibility index (Phi) is 3.83. The van der Waals surface area contributed by atoms with Crippen LogP contribution in [0.2, 0.25) is 0 Å². The maximum atomic E-state index is 10.8. The molecule has 0 aliphatic carbocycles. The lowest BCUT2D eigenvalue weighted by molar-refractivity contribution is -0.159. The van der Waals surface area contributed by atoms with Gasteiger partial charge in [-0.05, 0) is 6.42 Å². The van der Waals surface area contributed by atoms with Gasteiger partial charge in [-0.3, -0.25) is 9.59 Å². The smallest absolute Gasteiger partial charge is 0.252 e. The van der Waals surface area contributed by atoms with E-state index < -0.39 is 23.5 Å². The third-order valence-corrected chi connectivity index (χ3v) is 1.78. The fourth-order valence-corrected chi connectivity index (χ4v) is 1.01. The van der Waals surface area contributed by atoms with Gasteiger partial charge in [0.25, 0.3) is 5.91 Å². The zero-order chi connectivity index (χ0) is 10.6. The van der Waals surface area contributed by atoms with Gasteiger partial charge in [0.1, 0.15) is 0 Å². The molecule has 0 saturated carbocycles. The van der Waals surface area contributed by atoms with Gasteiger partial charge < -0.3 is 21.7 Å². The minimum absolute atomic E-state index is 0.105. The molecule has 0 radical (unpaired) electrons. The van der Waals surface area contributed by atoms with Crippen molar-refractivity contribution in [3.05, 3.63) is 0 Å². The molecule has 0 rings (SSSR count). The van der Waals surface area contributed by atoms with E-state index in [-0.39, 0.29) is 6.42 Å². The number of hydrogen-bond donors (Lipinski definition) is 4. The molecule has 0 heterocycles. The average molecular weight is 190 g/mol. The van der Waals surface area contributed by atoms with Crippen molar-refractivity contribution in [3.8, 4) is 0 Å². The second-order valence-electron chi connectivity index (χ2n) is 2.84. The lowest BCUT2D eigenvalue weighted by atomic mass is 9.90. The molecular formula is C7H14N2O4. The van der Waals surface area contributed by atoms with Gasteiger partial charge in [0.2, 0.25) is 5.91 Å². The number of carbonyl (C=O) groups excluding carboxylic acids is 2. The summed E-state index contributed by atoms with van der Waals surface area (Å²) in [7, 11) is 0. The van der Waals surface area contributed by atoms with Crippen molar-refractivity contribution in [2.45, 2.75) is 31.5 Å². The summed E-state index contributed by atoms with van der Waals surface area (Å²) in [6, 6.07) is 0. The van der Waals surface area contributed by atoms with Crippen LogP contribution < -0.4 is 11.5 Å². The maximum Gasteiger partial charge on any atom is 0.252 e. The van der Waals surface area contributed by atoms with Crippen LogP contribution in [0.25, 0.3) is 0 Å². The third kappa shape index (κ3) is 2.40. The largest absolute Gasteiger partial charge is 0.380 e. The molecule has 0 fully saturated rings. The first-order valence-electron chi connectivity index (χ1n) is 3.86. The second-order valence-corrected chi connectivity index (χ2v) is 2.84. The van der Waals surface area contributed by atoms with E-state index in [4.69, 9.17) is 16.6 Å². The number of aliphatic hydroxyl groups is 2. The van der Waals surface area contributed by atoms with E-state index in [1.54, 1.807) is 6.92 Å². The lowest BCUT2D eigenvalue weighted by Crippen LogP contribution is -2.57. The van der Waals surface area contributed by atoms with Crippen LogP contribution in [0.1, 0.15) is 19.8 Å². The summed E-state index contributed by atoms with van der Waals surface area (Å²) in [5.41, 5.74) is 7.32. The van der Waals surface area contributed by atoms with Gasteiger partial charge in [-0.2, -0.15) is 0 Å². The molecule has 13 heavy (non-hydrogen) atoms. The van der Waals surface area contributed by atoms with Crippen LogP contribution in [0.5, 0.6) is 0 Å². The molecule has 0 aromatic heterocycles. The summed E-state index contributed by atoms with van der Waals surface area (Å²) in [4.78, 5) is 21.3. The highest BCUT2D eigenvalue weighted by molar-refractivity contribution is 5.92. The predicted molar refractivity (Wildman–Crippen MR) is 44.3 cm³/mol. The third-order valence-electron chi connectivity index (χ3n) is 1.78. The lowest BCUT2D eigenvalue weighted by Gasteiger charge is -2.27. The van der Waals surface area contributed by atoms with E-state index in [1.807, 2.05) is 0 Å². The summed E-state index contributed by atoms with van der Waals surface area (Å²) in [6.45, 7) is 1.67. The standard InChI is InChI=1S/C7H14N2O4/c1-2-3-7(13,6(9)12)4(10)5(8)11/h4,10,13H,2-3H2,1H3,(H2,8,11)(H2,9,12). The molecule has 0 saturated heterocycles. The Balaban J connectivity index is 4.77. The highest BCUT2D eigenvalue weighted by Crippen LogP contribution is 2.17. The molecule has 0 spiro atoms. The van der Waals surface area contributed by atoms with Crippen LogP contribution in [-0.2, 0) is 9.59 Å². The van der Waals surface area contributed by atoms with Crippen LogP contribution in [0.15, 0.2) is 0 Å². The minimum Gasteiger partial charge on any atom is -0.380 e. The van der Waals surface area contributed by atoms with Crippen molar-refractivity contribution in [3.63, 3.8) is 0 Å². The molecule has 0 aromatic rings. The Morgan fingerprint density at radius 1 is 1.46 bits per heavy atom. The van der Waals surface area contributed by atoms with Crippen molar-refractivity contribution in [1.29, 1.82) is 0 Å². The number of nitrogens with two attached hydrogens (primary N) is 2. The van der Waals surface area contributed by atoms with Gasteiger partial charge in [-0.15, -0.1) is 0 Å². The molecule has 6 N–H and O–H groups in total. The Labute approximate surface area is 75.5 Å². The first-order valence-corrected chi connectivity index (χ1v) is 3.86. The Hall–Kier alpha value is -1.14. The summed E-state index contributed by atoms with van der Waals surface area (Å²) in [6.07, 6.45) is -1.67. The average Bonchev–Trinajstić information content (AvgIpc) is 2.02. The predicted octanol–water partition coefficient (Wildman–Crippen LogP) is -2.15. The first kappa shape index (κ1) is 11.9. The fraction of sp³-hybridized carbons (Fsp3) is 0.714. The molecular weight excluding hydrogens is 176 g/mol. The Morgan fingerprint density at radius 2 is 1.92 bits per heavy atom. The number of aliphatic hydroxyl groups excluding tert-OH is 1. The molecule has 2 amide bonds. The van der Waals surface area contributed by atoms with Crippen LogP contribution in [0.3, 0.4) is 0 Å². The number of rotatable bonds is 5. The highest BCUT2D eigenvalue weighted by Gasteiger charge is 2.43. The van der Waals surface area contributed by atoms with E-state index in [1.165, 1.54) is 0 Å². The van der Waals surface area contributed by atoms with Crippen molar-refractivity contribution < 1.29 is 19.8 Å². The number of hydrogen-bond acceptors (Lipinski definition) is 4. The van der Waals surface area contributed by atoms with Gasteiger partial charge in [0.05, 0.1) is 0 Å². The maximum absolute atomic E-state index is 10.8. The molecule has 0 aliphatic rings. The van der Waals surface area contributed by atoms with E-state index in [0.29, 0.717) is 6.42 Å². The molecule has 0 aromatic carbocycles. The zero-order valence-corrected chi connectivity index (χ0v) is 7.36. The van der Waals surface area contributed by atoms with Crippen LogP contribution in [0.4, 0.5) is 0 Å². The van der Waals surface area contributed by atoms with E-state index in [9.17, 15) is 14.7 Å². The van der Waals surface area contributed by atoms with Gasteiger partial charge in [-0.25, -0.2) is 0 Å². The molecule has 6 nitrogen and oxygen atoms in total. The number of carbonyl (C=O) groups is 2. The molecule has 0 bridgehead atoms.